The molecule has 1 aromatic carbocycles. The third kappa shape index (κ3) is 3.49. The van der Waals surface area contributed by atoms with Crippen LogP contribution in [0.1, 0.15) is 12.8 Å². The van der Waals surface area contributed by atoms with E-state index in [1.165, 1.54) is 16.2 Å². The van der Waals surface area contributed by atoms with Gasteiger partial charge < -0.3 is 10.0 Å². The zero-order valence-corrected chi connectivity index (χ0v) is 12.1. The highest BCUT2D eigenvalue weighted by Crippen LogP contribution is 2.30. The van der Waals surface area contributed by atoms with Crippen LogP contribution in [-0.4, -0.2) is 40.1 Å². The van der Waals surface area contributed by atoms with E-state index in [4.69, 9.17) is 5.11 Å². The van der Waals surface area contributed by atoms with Crippen LogP contribution in [0.3, 0.4) is 0 Å². The molecule has 1 saturated carbocycles. The zero-order chi connectivity index (χ0) is 14.8. The molecule has 0 bridgehead atoms. The van der Waals surface area contributed by atoms with Crippen molar-refractivity contribution < 1.29 is 14.7 Å². The number of para-hydroxylation sites is 1. The number of anilines is 1. The number of nitrogens with one attached hydrogen (secondary N) is 1. The Morgan fingerprint density at radius 2 is 2.14 bits per heavy atom. The van der Waals surface area contributed by atoms with Gasteiger partial charge in [-0.15, -0.1) is 0 Å². The molecule has 7 heteroatoms. The van der Waals surface area contributed by atoms with E-state index >= 15 is 0 Å². The van der Waals surface area contributed by atoms with E-state index in [0.717, 1.165) is 23.1 Å². The van der Waals surface area contributed by atoms with Gasteiger partial charge in [-0.3, -0.25) is 10.1 Å². The Labute approximate surface area is 125 Å². The largest absolute Gasteiger partial charge is 0.480 e. The van der Waals surface area contributed by atoms with Crippen LogP contribution in [0.2, 0.25) is 0 Å². The maximum Gasteiger partial charge on any atom is 0.324 e. The van der Waals surface area contributed by atoms with Crippen LogP contribution in [0, 0.1) is 5.92 Å². The van der Waals surface area contributed by atoms with Crippen molar-refractivity contribution in [2.75, 3.05) is 18.4 Å². The van der Waals surface area contributed by atoms with E-state index in [-0.39, 0.29) is 6.54 Å². The summed E-state index contributed by atoms with van der Waals surface area (Å²) in [5.74, 6) is -0.569. The molecule has 3 rings (SSSR count). The summed E-state index contributed by atoms with van der Waals surface area (Å²) in [4.78, 5) is 28.7. The van der Waals surface area contributed by atoms with E-state index in [9.17, 15) is 9.59 Å². The lowest BCUT2D eigenvalue weighted by Gasteiger charge is -2.20. The highest BCUT2D eigenvalue weighted by molar-refractivity contribution is 7.22. The third-order valence-corrected chi connectivity index (χ3v) is 4.25. The Morgan fingerprint density at radius 1 is 1.38 bits per heavy atom. The molecule has 1 heterocycles. The number of aliphatic carboxylic acids is 1. The number of carbonyl (C=O) groups excluding carboxylic acids is 1. The van der Waals surface area contributed by atoms with E-state index in [1.807, 2.05) is 24.3 Å². The topological polar surface area (TPSA) is 82.5 Å². The molecule has 2 amide bonds. The monoisotopic (exact) mass is 305 g/mol. The standard InChI is InChI=1S/C14H15N3O3S/c18-12(19)8-17(7-9-5-6-9)14(20)16-13-15-10-3-1-2-4-11(10)21-13/h1-4,9H,5-8H2,(H,18,19)(H,15,16,20). The van der Waals surface area contributed by atoms with Gasteiger partial charge >= 0.3 is 12.0 Å². The van der Waals surface area contributed by atoms with Gasteiger partial charge in [-0.1, -0.05) is 23.5 Å². The van der Waals surface area contributed by atoms with Crippen molar-refractivity contribution >= 4 is 38.7 Å². The Morgan fingerprint density at radius 3 is 2.81 bits per heavy atom. The fourth-order valence-electron chi connectivity index (χ4n) is 2.09. The van der Waals surface area contributed by atoms with Gasteiger partial charge in [0.25, 0.3) is 0 Å². The van der Waals surface area contributed by atoms with E-state index in [2.05, 4.69) is 10.3 Å². The number of fused-ring (bicyclic) bond motifs is 1. The number of carbonyl (C=O) groups is 2. The highest BCUT2D eigenvalue weighted by Gasteiger charge is 2.28. The number of urea groups is 1. The summed E-state index contributed by atoms with van der Waals surface area (Å²) < 4.78 is 0.986. The number of amides is 2. The van der Waals surface area contributed by atoms with E-state index in [1.54, 1.807) is 0 Å². The molecular weight excluding hydrogens is 290 g/mol. The second kappa shape index (κ2) is 5.69. The van der Waals surface area contributed by atoms with Crippen molar-refractivity contribution in [3.8, 4) is 0 Å². The van der Waals surface area contributed by atoms with Gasteiger partial charge in [0.2, 0.25) is 0 Å². The number of benzene rings is 1. The number of carboxylic acid groups (broad SMARTS) is 1. The second-order valence-electron chi connectivity index (χ2n) is 5.13. The first-order chi connectivity index (χ1) is 10.1. The summed E-state index contributed by atoms with van der Waals surface area (Å²) in [6, 6.07) is 7.21. The number of thiazole rings is 1. The number of nitrogens with zero attached hydrogens (tertiary/aromatic N) is 2. The van der Waals surface area contributed by atoms with Crippen LogP contribution in [0.15, 0.2) is 24.3 Å². The van der Waals surface area contributed by atoms with Gasteiger partial charge in [-0.25, -0.2) is 9.78 Å². The summed E-state index contributed by atoms with van der Waals surface area (Å²) >= 11 is 1.38. The molecule has 1 aliphatic carbocycles. The van der Waals surface area contributed by atoms with Gasteiger partial charge in [-0.05, 0) is 30.9 Å². The Balaban J connectivity index is 1.71. The average Bonchev–Trinajstić information content (AvgIpc) is 3.15. The van der Waals surface area contributed by atoms with Crippen LogP contribution in [0.5, 0.6) is 0 Å². The number of carboxylic acids is 1. The van der Waals surface area contributed by atoms with Crippen molar-refractivity contribution in [3.05, 3.63) is 24.3 Å². The van der Waals surface area contributed by atoms with Crippen molar-refractivity contribution in [1.29, 1.82) is 0 Å². The summed E-state index contributed by atoms with van der Waals surface area (Å²) in [6.45, 7) is 0.205. The number of aromatic nitrogens is 1. The molecule has 0 spiro atoms. The van der Waals surface area contributed by atoms with Gasteiger partial charge in [0.1, 0.15) is 6.54 Å². The molecule has 0 atom stereocenters. The predicted octanol–water partition coefficient (Wildman–Crippen LogP) is 2.62. The normalized spacial score (nSPS) is 14.1. The number of hydrogen-bond donors (Lipinski definition) is 2. The molecule has 21 heavy (non-hydrogen) atoms. The molecule has 0 aliphatic heterocycles. The molecule has 0 saturated heterocycles. The SMILES string of the molecule is O=C(O)CN(CC1CC1)C(=O)Nc1nc2ccccc2s1. The fourth-order valence-corrected chi connectivity index (χ4v) is 2.95. The molecule has 0 unspecified atom stereocenters. The maximum atomic E-state index is 12.2. The quantitative estimate of drug-likeness (QED) is 0.889. The lowest BCUT2D eigenvalue weighted by Crippen LogP contribution is -2.40. The van der Waals surface area contributed by atoms with E-state index < -0.39 is 12.0 Å². The van der Waals surface area contributed by atoms with Gasteiger partial charge in [-0.2, -0.15) is 0 Å². The minimum Gasteiger partial charge on any atom is -0.480 e. The summed E-state index contributed by atoms with van der Waals surface area (Å²) in [6.07, 6.45) is 2.12. The second-order valence-corrected chi connectivity index (χ2v) is 6.17. The number of hydrogen-bond acceptors (Lipinski definition) is 4. The highest BCUT2D eigenvalue weighted by atomic mass is 32.1. The smallest absolute Gasteiger partial charge is 0.324 e. The molecule has 1 fully saturated rings. The summed E-state index contributed by atoms with van der Waals surface area (Å²) in [5, 5.41) is 12.1. The molecule has 1 aromatic heterocycles. The van der Waals surface area contributed by atoms with Gasteiger partial charge in [0.05, 0.1) is 10.2 Å². The Bertz CT molecular complexity index is 648. The van der Waals surface area contributed by atoms with Crippen molar-refractivity contribution in [1.82, 2.24) is 9.88 Å². The van der Waals surface area contributed by atoms with E-state index in [0.29, 0.717) is 17.6 Å². The molecule has 1 aliphatic rings. The first-order valence-corrected chi connectivity index (χ1v) is 7.57. The van der Waals surface area contributed by atoms with Crippen LogP contribution in [-0.2, 0) is 4.79 Å². The lowest BCUT2D eigenvalue weighted by molar-refractivity contribution is -0.137. The van der Waals surface area contributed by atoms with Crippen molar-refractivity contribution in [3.63, 3.8) is 0 Å². The van der Waals surface area contributed by atoms with Crippen LogP contribution >= 0.6 is 11.3 Å². The maximum absolute atomic E-state index is 12.2. The summed E-state index contributed by atoms with van der Waals surface area (Å²) in [5.41, 5.74) is 0.824. The Kier molecular flexibility index (Phi) is 3.74. The minimum atomic E-state index is -1.00. The first-order valence-electron chi connectivity index (χ1n) is 6.75. The van der Waals surface area contributed by atoms with Crippen LogP contribution < -0.4 is 5.32 Å². The van der Waals surface area contributed by atoms with Crippen LogP contribution in [0.25, 0.3) is 10.2 Å². The molecule has 0 radical (unpaired) electrons. The lowest BCUT2D eigenvalue weighted by atomic mass is 10.3. The zero-order valence-electron chi connectivity index (χ0n) is 11.3. The molecule has 2 aromatic rings. The van der Waals surface area contributed by atoms with Crippen LogP contribution in [0.4, 0.5) is 9.93 Å². The third-order valence-electron chi connectivity index (χ3n) is 3.30. The fraction of sp³-hybridized carbons (Fsp3) is 0.357. The number of rotatable bonds is 5. The van der Waals surface area contributed by atoms with Crippen molar-refractivity contribution in [2.45, 2.75) is 12.8 Å². The first kappa shape index (κ1) is 13.8. The molecule has 110 valence electrons. The van der Waals surface area contributed by atoms with Gasteiger partial charge in [0.15, 0.2) is 5.13 Å². The summed E-state index contributed by atoms with van der Waals surface area (Å²) in [7, 11) is 0. The molecule has 2 N–H and O–H groups in total. The van der Waals surface area contributed by atoms with Crippen molar-refractivity contribution in [2.24, 2.45) is 5.92 Å². The average molecular weight is 305 g/mol. The molecule has 6 nitrogen and oxygen atoms in total. The minimum absolute atomic E-state index is 0.284. The Hall–Kier alpha value is -2.15. The molecular formula is C14H15N3O3S. The predicted molar refractivity (Wildman–Crippen MR) is 80.6 cm³/mol. The van der Waals surface area contributed by atoms with Gasteiger partial charge in [0, 0.05) is 6.54 Å².